The maximum atomic E-state index is 12.5. The molecule has 3 rings (SSSR count). The standard InChI is InChI=1S/C29H39NO4/c1-22(9-6-12-23-10-4-3-5-11-23)27(31)18-16-26-17-19-28(32)30(26)20-8-14-24-13-7-15-25(21-24)29(33)34-2/h3-5,7,10-11,13,15,21-22,26-27,31H,6,8-9,12,14,16-20H2,1-2H3/t22-,26?,27+/m0/s1. The van der Waals surface area contributed by atoms with Crippen molar-refractivity contribution in [3.8, 4) is 0 Å². The highest BCUT2D eigenvalue weighted by Crippen LogP contribution is 2.26. The lowest BCUT2D eigenvalue weighted by molar-refractivity contribution is -0.129. The normalized spacial score (nSPS) is 17.6. The van der Waals surface area contributed by atoms with Crippen molar-refractivity contribution in [2.24, 2.45) is 5.92 Å². The zero-order valence-electron chi connectivity index (χ0n) is 20.6. The number of aliphatic hydroxyl groups is 1. The molecule has 0 aromatic heterocycles. The Hall–Kier alpha value is -2.66. The Kier molecular flexibility index (Phi) is 10.1. The average Bonchev–Trinajstić information content (AvgIpc) is 3.21. The Labute approximate surface area is 204 Å². The molecule has 184 valence electrons. The highest BCUT2D eigenvalue weighted by molar-refractivity contribution is 5.89. The average molecular weight is 466 g/mol. The topological polar surface area (TPSA) is 66.8 Å². The van der Waals surface area contributed by atoms with Crippen LogP contribution in [0.2, 0.25) is 0 Å². The molecule has 5 nitrogen and oxygen atoms in total. The highest BCUT2D eigenvalue weighted by Gasteiger charge is 2.31. The monoisotopic (exact) mass is 465 g/mol. The summed E-state index contributed by atoms with van der Waals surface area (Å²) in [6, 6.07) is 18.2. The van der Waals surface area contributed by atoms with Crippen LogP contribution >= 0.6 is 0 Å². The van der Waals surface area contributed by atoms with Crippen molar-refractivity contribution >= 4 is 11.9 Å². The molecule has 0 aliphatic carbocycles. The second-order valence-corrected chi connectivity index (χ2v) is 9.57. The van der Waals surface area contributed by atoms with Crippen LogP contribution in [0.5, 0.6) is 0 Å². The molecule has 1 aliphatic heterocycles. The van der Waals surface area contributed by atoms with E-state index in [1.807, 2.05) is 29.2 Å². The summed E-state index contributed by atoms with van der Waals surface area (Å²) < 4.78 is 4.80. The lowest BCUT2D eigenvalue weighted by atomic mass is 9.92. The van der Waals surface area contributed by atoms with E-state index in [1.165, 1.54) is 12.7 Å². The van der Waals surface area contributed by atoms with Gasteiger partial charge in [0.25, 0.3) is 0 Å². The van der Waals surface area contributed by atoms with Crippen molar-refractivity contribution in [1.82, 2.24) is 4.90 Å². The van der Waals surface area contributed by atoms with Gasteiger partial charge in [0.15, 0.2) is 0 Å². The number of likely N-dealkylation sites (tertiary alicyclic amines) is 1. The molecule has 2 aromatic carbocycles. The van der Waals surface area contributed by atoms with E-state index in [0.717, 1.165) is 56.9 Å². The fourth-order valence-electron chi connectivity index (χ4n) is 4.94. The van der Waals surface area contributed by atoms with Crippen LogP contribution in [-0.2, 0) is 22.4 Å². The largest absolute Gasteiger partial charge is 0.465 e. The molecule has 0 spiro atoms. The Morgan fingerprint density at radius 3 is 2.56 bits per heavy atom. The summed E-state index contributed by atoms with van der Waals surface area (Å²) in [5.41, 5.74) is 2.98. The van der Waals surface area contributed by atoms with Gasteiger partial charge in [0.1, 0.15) is 0 Å². The Bertz CT molecular complexity index is 913. The van der Waals surface area contributed by atoms with E-state index < -0.39 is 0 Å². The fraction of sp³-hybridized carbons (Fsp3) is 0.517. The number of esters is 1. The van der Waals surface area contributed by atoms with Crippen molar-refractivity contribution in [3.05, 3.63) is 71.3 Å². The van der Waals surface area contributed by atoms with Gasteiger partial charge in [0.2, 0.25) is 5.91 Å². The molecule has 2 aromatic rings. The van der Waals surface area contributed by atoms with Gasteiger partial charge in [-0.3, -0.25) is 4.79 Å². The van der Waals surface area contributed by atoms with Gasteiger partial charge in [-0.05, 0) is 80.5 Å². The number of hydrogen-bond acceptors (Lipinski definition) is 4. The quantitative estimate of drug-likeness (QED) is 0.413. The van der Waals surface area contributed by atoms with Gasteiger partial charge < -0.3 is 14.7 Å². The molecule has 1 heterocycles. The summed E-state index contributed by atoms with van der Waals surface area (Å²) in [4.78, 5) is 26.2. The van der Waals surface area contributed by atoms with E-state index in [4.69, 9.17) is 4.74 Å². The Balaban J connectivity index is 1.40. The predicted octanol–water partition coefficient (Wildman–Crippen LogP) is 5.20. The zero-order chi connectivity index (χ0) is 24.3. The van der Waals surface area contributed by atoms with E-state index in [-0.39, 0.29) is 29.9 Å². The zero-order valence-corrected chi connectivity index (χ0v) is 20.6. The molecule has 0 saturated carbocycles. The van der Waals surface area contributed by atoms with Crippen LogP contribution in [0, 0.1) is 5.92 Å². The molecule has 1 saturated heterocycles. The van der Waals surface area contributed by atoms with Gasteiger partial charge in [0.05, 0.1) is 18.8 Å². The minimum absolute atomic E-state index is 0.221. The number of aliphatic hydroxyl groups excluding tert-OH is 1. The molecular formula is C29H39NO4. The number of methoxy groups -OCH3 is 1. The highest BCUT2D eigenvalue weighted by atomic mass is 16.5. The SMILES string of the molecule is COC(=O)c1cccc(CCCN2C(=O)CCC2CC[C@@H](O)[C@@H](C)CCCc2ccccc2)c1. The van der Waals surface area contributed by atoms with Crippen LogP contribution in [0.1, 0.15) is 73.4 Å². The minimum Gasteiger partial charge on any atom is -0.465 e. The number of carbonyl (C=O) groups excluding carboxylic acids is 2. The number of ether oxygens (including phenoxy) is 1. The summed E-state index contributed by atoms with van der Waals surface area (Å²) in [6.45, 7) is 2.85. The number of rotatable bonds is 13. The van der Waals surface area contributed by atoms with Gasteiger partial charge >= 0.3 is 5.97 Å². The number of carbonyl (C=O) groups is 2. The smallest absolute Gasteiger partial charge is 0.337 e. The first kappa shape index (κ1) is 26.0. The summed E-state index contributed by atoms with van der Waals surface area (Å²) in [5.74, 6) is 0.152. The van der Waals surface area contributed by atoms with Crippen LogP contribution in [0.4, 0.5) is 0 Å². The van der Waals surface area contributed by atoms with Crippen LogP contribution in [0.3, 0.4) is 0 Å². The van der Waals surface area contributed by atoms with Gasteiger partial charge in [-0.1, -0.05) is 49.4 Å². The number of benzene rings is 2. The van der Waals surface area contributed by atoms with Gasteiger partial charge in [0, 0.05) is 19.0 Å². The molecule has 1 amide bonds. The second kappa shape index (κ2) is 13.3. The van der Waals surface area contributed by atoms with E-state index in [9.17, 15) is 14.7 Å². The molecular weight excluding hydrogens is 426 g/mol. The van der Waals surface area contributed by atoms with Crippen molar-refractivity contribution in [2.75, 3.05) is 13.7 Å². The molecule has 1 N–H and O–H groups in total. The predicted molar refractivity (Wildman–Crippen MR) is 135 cm³/mol. The van der Waals surface area contributed by atoms with Crippen LogP contribution in [0.25, 0.3) is 0 Å². The molecule has 5 heteroatoms. The van der Waals surface area contributed by atoms with E-state index in [0.29, 0.717) is 18.5 Å². The molecule has 1 unspecified atom stereocenters. The van der Waals surface area contributed by atoms with Gasteiger partial charge in [-0.15, -0.1) is 0 Å². The number of amides is 1. The molecule has 3 atom stereocenters. The third-order valence-corrected chi connectivity index (χ3v) is 7.09. The number of nitrogens with zero attached hydrogens (tertiary/aromatic N) is 1. The first-order valence-electron chi connectivity index (χ1n) is 12.7. The van der Waals surface area contributed by atoms with Gasteiger partial charge in [-0.2, -0.15) is 0 Å². The van der Waals surface area contributed by atoms with Crippen LogP contribution in [0.15, 0.2) is 54.6 Å². The third kappa shape index (κ3) is 7.69. The number of aryl methyl sites for hydroxylation is 2. The maximum Gasteiger partial charge on any atom is 0.337 e. The van der Waals surface area contributed by atoms with E-state index >= 15 is 0 Å². The van der Waals surface area contributed by atoms with Crippen molar-refractivity contribution in [2.45, 2.75) is 76.9 Å². The van der Waals surface area contributed by atoms with Crippen molar-refractivity contribution < 1.29 is 19.4 Å². The molecule has 0 radical (unpaired) electrons. The first-order valence-corrected chi connectivity index (χ1v) is 12.7. The lowest BCUT2D eigenvalue weighted by Crippen LogP contribution is -2.35. The summed E-state index contributed by atoms with van der Waals surface area (Å²) >= 11 is 0. The minimum atomic E-state index is -0.329. The number of hydrogen-bond donors (Lipinski definition) is 1. The second-order valence-electron chi connectivity index (χ2n) is 9.57. The van der Waals surface area contributed by atoms with E-state index in [2.05, 4.69) is 31.2 Å². The molecule has 1 aliphatic rings. The summed E-state index contributed by atoms with van der Waals surface area (Å²) in [7, 11) is 1.39. The molecule has 34 heavy (non-hydrogen) atoms. The fourth-order valence-corrected chi connectivity index (χ4v) is 4.94. The van der Waals surface area contributed by atoms with E-state index in [1.54, 1.807) is 6.07 Å². The Morgan fingerprint density at radius 1 is 1.06 bits per heavy atom. The van der Waals surface area contributed by atoms with Crippen LogP contribution in [-0.4, -0.2) is 47.7 Å². The van der Waals surface area contributed by atoms with Crippen molar-refractivity contribution in [1.29, 1.82) is 0 Å². The van der Waals surface area contributed by atoms with Gasteiger partial charge in [-0.25, -0.2) is 4.79 Å². The first-order chi connectivity index (χ1) is 16.5. The summed E-state index contributed by atoms with van der Waals surface area (Å²) in [5, 5.41) is 10.7. The Morgan fingerprint density at radius 2 is 1.79 bits per heavy atom. The lowest BCUT2D eigenvalue weighted by Gasteiger charge is -2.27. The maximum absolute atomic E-state index is 12.5. The molecule has 1 fully saturated rings. The third-order valence-electron chi connectivity index (χ3n) is 7.09. The molecule has 0 bridgehead atoms. The summed E-state index contributed by atoms with van der Waals surface area (Å²) in [6.07, 6.45) is 7.54. The van der Waals surface area contributed by atoms with Crippen LogP contribution < -0.4 is 0 Å². The van der Waals surface area contributed by atoms with Crippen molar-refractivity contribution in [3.63, 3.8) is 0 Å².